The standard InChI is InChI=1S/C22H26ClNO2.ClH/c23-19-9-10-20-21(15-19)26-14-11-18(16-24-12-5-2-6-13-24)22(20,25)17-7-3-1-4-8-17;/h1,3-4,7-10,15,18,25H,2,5-6,11-14,16H2;1H/t18?,22-;/m1./s1. The zero-order chi connectivity index (χ0) is 18.0. The molecular weight excluding hydrogens is 381 g/mol. The van der Waals surface area contributed by atoms with Gasteiger partial charge in [-0.25, -0.2) is 0 Å². The van der Waals surface area contributed by atoms with E-state index in [1.807, 2.05) is 48.5 Å². The van der Waals surface area contributed by atoms with E-state index >= 15 is 0 Å². The third kappa shape index (κ3) is 4.12. The van der Waals surface area contributed by atoms with Gasteiger partial charge < -0.3 is 14.7 Å². The van der Waals surface area contributed by atoms with E-state index in [1.54, 1.807) is 0 Å². The molecule has 1 fully saturated rings. The highest BCUT2D eigenvalue weighted by Gasteiger charge is 2.44. The van der Waals surface area contributed by atoms with Crippen LogP contribution in [0.1, 0.15) is 36.8 Å². The average Bonchev–Trinajstić information content (AvgIpc) is 2.81. The molecule has 2 aliphatic rings. The molecule has 0 saturated carbocycles. The maximum Gasteiger partial charge on any atom is 0.127 e. The lowest BCUT2D eigenvalue weighted by Gasteiger charge is -2.39. The summed E-state index contributed by atoms with van der Waals surface area (Å²) in [4.78, 5) is 2.50. The molecule has 4 rings (SSSR count). The Morgan fingerprint density at radius 3 is 2.56 bits per heavy atom. The van der Waals surface area contributed by atoms with Crippen LogP contribution in [-0.2, 0) is 5.60 Å². The maximum atomic E-state index is 12.1. The van der Waals surface area contributed by atoms with Crippen molar-refractivity contribution in [2.24, 2.45) is 5.92 Å². The third-order valence-corrected chi connectivity index (χ3v) is 6.05. The molecule has 0 bridgehead atoms. The van der Waals surface area contributed by atoms with Crippen molar-refractivity contribution in [3.8, 4) is 5.75 Å². The topological polar surface area (TPSA) is 32.7 Å². The first-order valence-corrected chi connectivity index (χ1v) is 9.99. The summed E-state index contributed by atoms with van der Waals surface area (Å²) in [5, 5.41) is 12.7. The summed E-state index contributed by atoms with van der Waals surface area (Å²) in [6.07, 6.45) is 4.63. The first kappa shape index (κ1) is 20.5. The van der Waals surface area contributed by atoms with Crippen molar-refractivity contribution in [2.75, 3.05) is 26.2 Å². The molecule has 3 nitrogen and oxygen atoms in total. The Balaban J connectivity index is 0.00000210. The van der Waals surface area contributed by atoms with Gasteiger partial charge in [0.2, 0.25) is 0 Å². The minimum Gasteiger partial charge on any atom is -0.493 e. The van der Waals surface area contributed by atoms with E-state index in [4.69, 9.17) is 16.3 Å². The number of hydrogen-bond donors (Lipinski definition) is 1. The molecule has 0 spiro atoms. The Morgan fingerprint density at radius 1 is 1.07 bits per heavy atom. The molecule has 0 radical (unpaired) electrons. The number of hydrogen-bond acceptors (Lipinski definition) is 3. The van der Waals surface area contributed by atoms with Gasteiger partial charge in [0, 0.05) is 23.0 Å². The molecule has 2 aliphatic heterocycles. The Bertz CT molecular complexity index is 749. The van der Waals surface area contributed by atoms with E-state index in [2.05, 4.69) is 4.90 Å². The van der Waals surface area contributed by atoms with Gasteiger partial charge in [-0.15, -0.1) is 12.4 Å². The number of fused-ring (bicyclic) bond motifs is 1. The van der Waals surface area contributed by atoms with Crippen LogP contribution in [0.4, 0.5) is 0 Å². The van der Waals surface area contributed by atoms with Gasteiger partial charge in [-0.2, -0.15) is 0 Å². The SMILES string of the molecule is Cl.O[C@@]1(c2ccccc2)c2ccc(Cl)cc2OCCC1CN1CCCCC1. The normalized spacial score (nSPS) is 25.6. The van der Waals surface area contributed by atoms with Crippen molar-refractivity contribution in [2.45, 2.75) is 31.3 Å². The summed E-state index contributed by atoms with van der Waals surface area (Å²) < 4.78 is 6.00. The van der Waals surface area contributed by atoms with Crippen molar-refractivity contribution in [1.29, 1.82) is 0 Å². The summed E-state index contributed by atoms with van der Waals surface area (Å²) in [5.41, 5.74) is 0.679. The largest absolute Gasteiger partial charge is 0.493 e. The van der Waals surface area contributed by atoms with Crippen LogP contribution in [0.2, 0.25) is 5.02 Å². The highest BCUT2D eigenvalue weighted by atomic mass is 35.5. The second kappa shape index (κ2) is 8.83. The molecule has 1 N–H and O–H groups in total. The fraction of sp³-hybridized carbons (Fsp3) is 0.455. The molecule has 2 aromatic carbocycles. The minimum atomic E-state index is -1.07. The summed E-state index contributed by atoms with van der Waals surface area (Å²) >= 11 is 6.19. The van der Waals surface area contributed by atoms with Gasteiger partial charge in [-0.05, 0) is 50.0 Å². The molecule has 146 valence electrons. The van der Waals surface area contributed by atoms with Gasteiger partial charge in [-0.3, -0.25) is 0 Å². The van der Waals surface area contributed by atoms with Gasteiger partial charge in [0.05, 0.1) is 6.61 Å². The molecule has 1 unspecified atom stereocenters. The molecule has 2 aromatic rings. The fourth-order valence-corrected chi connectivity index (χ4v) is 4.59. The quantitative estimate of drug-likeness (QED) is 0.786. The lowest BCUT2D eigenvalue weighted by Crippen LogP contribution is -2.44. The molecule has 0 aromatic heterocycles. The first-order valence-electron chi connectivity index (χ1n) is 9.61. The lowest BCUT2D eigenvalue weighted by molar-refractivity contribution is -0.00468. The second-order valence-corrected chi connectivity index (χ2v) is 7.90. The van der Waals surface area contributed by atoms with Crippen LogP contribution in [0.5, 0.6) is 5.75 Å². The van der Waals surface area contributed by atoms with Gasteiger partial charge in [0.25, 0.3) is 0 Å². The lowest BCUT2D eigenvalue weighted by atomic mass is 9.74. The van der Waals surface area contributed by atoms with Crippen molar-refractivity contribution in [3.63, 3.8) is 0 Å². The van der Waals surface area contributed by atoms with Crippen molar-refractivity contribution >= 4 is 24.0 Å². The highest BCUT2D eigenvalue weighted by Crippen LogP contribution is 2.46. The summed E-state index contributed by atoms with van der Waals surface area (Å²) in [7, 11) is 0. The molecule has 2 atom stereocenters. The van der Waals surface area contributed by atoms with E-state index < -0.39 is 5.60 Å². The van der Waals surface area contributed by atoms with E-state index in [1.165, 1.54) is 19.3 Å². The van der Waals surface area contributed by atoms with Crippen LogP contribution in [0.3, 0.4) is 0 Å². The van der Waals surface area contributed by atoms with E-state index in [9.17, 15) is 5.11 Å². The second-order valence-electron chi connectivity index (χ2n) is 7.47. The average molecular weight is 408 g/mol. The Morgan fingerprint density at radius 2 is 1.81 bits per heavy atom. The summed E-state index contributed by atoms with van der Waals surface area (Å²) in [6, 6.07) is 15.6. The molecular formula is C22H27Cl2NO2. The number of nitrogens with zero attached hydrogens (tertiary/aromatic N) is 1. The monoisotopic (exact) mass is 407 g/mol. The molecule has 5 heteroatoms. The predicted octanol–water partition coefficient (Wildman–Crippen LogP) is 4.88. The molecule has 0 amide bonds. The van der Waals surface area contributed by atoms with Crippen LogP contribution in [-0.4, -0.2) is 36.2 Å². The molecule has 2 heterocycles. The highest BCUT2D eigenvalue weighted by molar-refractivity contribution is 6.30. The molecule has 27 heavy (non-hydrogen) atoms. The van der Waals surface area contributed by atoms with Crippen LogP contribution in [0.25, 0.3) is 0 Å². The van der Waals surface area contributed by atoms with Gasteiger partial charge in [-0.1, -0.05) is 54.4 Å². The zero-order valence-electron chi connectivity index (χ0n) is 15.4. The number of rotatable bonds is 3. The Kier molecular flexibility index (Phi) is 6.69. The van der Waals surface area contributed by atoms with E-state index in [0.29, 0.717) is 17.4 Å². The van der Waals surface area contributed by atoms with Crippen LogP contribution < -0.4 is 4.74 Å². The zero-order valence-corrected chi connectivity index (χ0v) is 17.0. The Labute approximate surface area is 172 Å². The van der Waals surface area contributed by atoms with Crippen LogP contribution >= 0.6 is 24.0 Å². The van der Waals surface area contributed by atoms with E-state index in [-0.39, 0.29) is 18.3 Å². The van der Waals surface area contributed by atoms with Gasteiger partial charge >= 0.3 is 0 Å². The number of benzene rings is 2. The third-order valence-electron chi connectivity index (χ3n) is 5.81. The van der Waals surface area contributed by atoms with Crippen LogP contribution in [0.15, 0.2) is 48.5 Å². The summed E-state index contributed by atoms with van der Waals surface area (Å²) in [6.45, 7) is 3.73. The van der Waals surface area contributed by atoms with E-state index in [0.717, 1.165) is 37.2 Å². The first-order chi connectivity index (χ1) is 12.7. The predicted molar refractivity (Wildman–Crippen MR) is 112 cm³/mol. The molecule has 0 aliphatic carbocycles. The maximum absolute atomic E-state index is 12.1. The summed E-state index contributed by atoms with van der Waals surface area (Å²) in [5.74, 6) is 0.774. The van der Waals surface area contributed by atoms with Crippen molar-refractivity contribution < 1.29 is 9.84 Å². The van der Waals surface area contributed by atoms with Crippen molar-refractivity contribution in [3.05, 3.63) is 64.7 Å². The number of aliphatic hydroxyl groups is 1. The number of ether oxygens (including phenoxy) is 1. The molecule has 1 saturated heterocycles. The number of halogens is 2. The van der Waals surface area contributed by atoms with Crippen LogP contribution in [0, 0.1) is 5.92 Å². The van der Waals surface area contributed by atoms with Gasteiger partial charge in [0.15, 0.2) is 0 Å². The van der Waals surface area contributed by atoms with Gasteiger partial charge in [0.1, 0.15) is 11.4 Å². The van der Waals surface area contributed by atoms with Crippen molar-refractivity contribution in [1.82, 2.24) is 4.90 Å². The number of likely N-dealkylation sites (tertiary alicyclic amines) is 1. The number of piperidine rings is 1. The Hall–Kier alpha value is -1.26. The smallest absolute Gasteiger partial charge is 0.127 e. The minimum absolute atomic E-state index is 0. The fourth-order valence-electron chi connectivity index (χ4n) is 4.43.